The molecule has 4 nitrogen and oxygen atoms in total. The normalized spacial score (nSPS) is 15.3. The van der Waals surface area contributed by atoms with Crippen LogP contribution in [0.15, 0.2) is 48.5 Å². The molecule has 0 aromatic heterocycles. The van der Waals surface area contributed by atoms with Crippen molar-refractivity contribution < 1.29 is 9.69 Å². The molecule has 24 heavy (non-hydrogen) atoms. The van der Waals surface area contributed by atoms with Gasteiger partial charge in [0.05, 0.1) is 44.1 Å². The number of hydrogen-bond acceptors (Lipinski definition) is 2. The number of nitrogens with zero attached hydrogens (tertiary/aromatic N) is 1. The number of benzene rings is 2. The van der Waals surface area contributed by atoms with Gasteiger partial charge in [-0.15, -0.1) is 0 Å². The Kier molecular flexibility index (Phi) is 5.16. The molecule has 0 bridgehead atoms. The molecule has 1 aliphatic rings. The van der Waals surface area contributed by atoms with E-state index in [2.05, 4.69) is 23.2 Å². The lowest BCUT2D eigenvalue weighted by Gasteiger charge is -2.34. The summed E-state index contributed by atoms with van der Waals surface area (Å²) in [4.78, 5) is 16.5. The maximum Gasteiger partial charge on any atom is 0.255 e. The highest BCUT2D eigenvalue weighted by Crippen LogP contribution is 2.26. The topological polar surface area (TPSA) is 36.8 Å². The summed E-state index contributed by atoms with van der Waals surface area (Å²) in [5.41, 5.74) is 3.86. The average molecular weight is 324 g/mol. The summed E-state index contributed by atoms with van der Waals surface area (Å²) < 4.78 is 0. The van der Waals surface area contributed by atoms with E-state index >= 15 is 0 Å². The van der Waals surface area contributed by atoms with Crippen LogP contribution in [0.4, 0.5) is 11.4 Å². The van der Waals surface area contributed by atoms with Gasteiger partial charge >= 0.3 is 0 Å². The first kappa shape index (κ1) is 16.5. The Labute approximate surface area is 144 Å². The Bertz CT molecular complexity index is 688. The molecule has 3 rings (SSSR count). The van der Waals surface area contributed by atoms with Crippen LogP contribution < -0.4 is 15.1 Å². The molecule has 1 aliphatic heterocycles. The van der Waals surface area contributed by atoms with Crippen LogP contribution in [-0.4, -0.2) is 38.6 Å². The number of aryl methyl sites for hydroxylation is 1. The fraction of sp³-hybridized carbons (Fsp3) is 0.350. The fourth-order valence-electron chi connectivity index (χ4n) is 3.17. The van der Waals surface area contributed by atoms with Crippen LogP contribution in [-0.2, 0) is 0 Å². The highest BCUT2D eigenvalue weighted by Gasteiger charge is 2.21. The molecule has 0 aliphatic carbocycles. The first-order chi connectivity index (χ1) is 11.7. The van der Waals surface area contributed by atoms with Crippen LogP contribution in [0.5, 0.6) is 0 Å². The van der Waals surface area contributed by atoms with E-state index in [9.17, 15) is 4.79 Å². The summed E-state index contributed by atoms with van der Waals surface area (Å²) in [6.45, 7) is 9.80. The van der Waals surface area contributed by atoms with E-state index in [1.54, 1.807) is 4.90 Å². The SMILES string of the molecule is CC[NH+]1CCN(c2ccccc2NC(=O)c2ccc(C)cc2)CC1. The Morgan fingerprint density at radius 3 is 2.42 bits per heavy atom. The molecule has 1 fully saturated rings. The van der Waals surface area contributed by atoms with Crippen LogP contribution >= 0.6 is 0 Å². The lowest BCUT2D eigenvalue weighted by atomic mass is 10.1. The molecule has 4 heteroatoms. The van der Waals surface area contributed by atoms with Gasteiger partial charge in [-0.2, -0.15) is 0 Å². The van der Waals surface area contributed by atoms with Gasteiger partial charge in [-0.1, -0.05) is 29.8 Å². The van der Waals surface area contributed by atoms with Gasteiger partial charge in [0.2, 0.25) is 0 Å². The van der Waals surface area contributed by atoms with Crippen LogP contribution in [0, 0.1) is 6.92 Å². The van der Waals surface area contributed by atoms with Crippen molar-refractivity contribution >= 4 is 17.3 Å². The molecule has 0 atom stereocenters. The van der Waals surface area contributed by atoms with E-state index in [0.717, 1.165) is 43.1 Å². The van der Waals surface area contributed by atoms with E-state index in [1.165, 1.54) is 6.54 Å². The van der Waals surface area contributed by atoms with Gasteiger partial charge in [-0.25, -0.2) is 0 Å². The van der Waals surface area contributed by atoms with Crippen molar-refractivity contribution in [2.24, 2.45) is 0 Å². The van der Waals surface area contributed by atoms with Crippen LogP contribution in [0.3, 0.4) is 0 Å². The number of likely N-dealkylation sites (N-methyl/N-ethyl adjacent to an activating group) is 1. The van der Waals surface area contributed by atoms with Crippen LogP contribution in [0.2, 0.25) is 0 Å². The van der Waals surface area contributed by atoms with Gasteiger partial charge in [-0.05, 0) is 38.1 Å². The summed E-state index contributed by atoms with van der Waals surface area (Å²) in [5, 5.41) is 3.08. The zero-order valence-corrected chi connectivity index (χ0v) is 14.5. The largest absolute Gasteiger partial charge is 0.359 e. The van der Waals surface area contributed by atoms with E-state index in [1.807, 2.05) is 49.4 Å². The fourth-order valence-corrected chi connectivity index (χ4v) is 3.17. The minimum Gasteiger partial charge on any atom is -0.359 e. The van der Waals surface area contributed by atoms with Gasteiger partial charge in [0, 0.05) is 5.56 Å². The minimum atomic E-state index is -0.0553. The number of hydrogen-bond donors (Lipinski definition) is 2. The summed E-state index contributed by atoms with van der Waals surface area (Å²) in [5.74, 6) is -0.0553. The maximum atomic E-state index is 12.5. The molecule has 0 unspecified atom stereocenters. The smallest absolute Gasteiger partial charge is 0.255 e. The number of para-hydroxylation sites is 2. The average Bonchev–Trinajstić information content (AvgIpc) is 2.63. The van der Waals surface area contributed by atoms with Crippen molar-refractivity contribution in [3.05, 3.63) is 59.7 Å². The standard InChI is InChI=1S/C20H25N3O/c1-3-22-12-14-23(15-13-22)19-7-5-4-6-18(19)21-20(24)17-10-8-16(2)9-11-17/h4-11H,3,12-15H2,1-2H3,(H,21,24)/p+1. The molecule has 0 saturated carbocycles. The Morgan fingerprint density at radius 2 is 1.75 bits per heavy atom. The van der Waals surface area contributed by atoms with Crippen molar-refractivity contribution in [1.29, 1.82) is 0 Å². The predicted molar refractivity (Wildman–Crippen MR) is 99.0 cm³/mol. The van der Waals surface area contributed by atoms with E-state index in [0.29, 0.717) is 5.56 Å². The molecule has 1 saturated heterocycles. The molecule has 0 spiro atoms. The molecule has 2 aromatic carbocycles. The van der Waals surface area contributed by atoms with Crippen molar-refractivity contribution in [3.63, 3.8) is 0 Å². The Morgan fingerprint density at radius 1 is 1.08 bits per heavy atom. The first-order valence-corrected chi connectivity index (χ1v) is 8.73. The number of rotatable bonds is 4. The lowest BCUT2D eigenvalue weighted by Crippen LogP contribution is -3.14. The van der Waals surface area contributed by atoms with Crippen LogP contribution in [0.25, 0.3) is 0 Å². The first-order valence-electron chi connectivity index (χ1n) is 8.73. The number of piperazine rings is 1. The van der Waals surface area contributed by atoms with E-state index < -0.39 is 0 Å². The van der Waals surface area contributed by atoms with Gasteiger partial charge in [0.15, 0.2) is 0 Å². The summed E-state index contributed by atoms with van der Waals surface area (Å²) in [6.07, 6.45) is 0. The third kappa shape index (κ3) is 3.77. The van der Waals surface area contributed by atoms with E-state index in [4.69, 9.17) is 0 Å². The molecule has 0 radical (unpaired) electrons. The zero-order chi connectivity index (χ0) is 16.9. The highest BCUT2D eigenvalue weighted by molar-refractivity contribution is 6.05. The molecular formula is C20H26N3O+. The Balaban J connectivity index is 1.74. The summed E-state index contributed by atoms with van der Waals surface area (Å²) >= 11 is 0. The molecule has 2 N–H and O–H groups in total. The van der Waals surface area contributed by atoms with E-state index in [-0.39, 0.29) is 5.91 Å². The molecular weight excluding hydrogens is 298 g/mol. The second kappa shape index (κ2) is 7.49. The number of nitrogens with one attached hydrogen (secondary N) is 2. The van der Waals surface area contributed by atoms with Crippen LogP contribution in [0.1, 0.15) is 22.8 Å². The molecule has 1 amide bonds. The minimum absolute atomic E-state index is 0.0553. The van der Waals surface area contributed by atoms with Gasteiger partial charge in [0.1, 0.15) is 0 Å². The summed E-state index contributed by atoms with van der Waals surface area (Å²) in [6, 6.07) is 15.8. The van der Waals surface area contributed by atoms with Gasteiger partial charge < -0.3 is 15.1 Å². The third-order valence-corrected chi connectivity index (χ3v) is 4.78. The van der Waals surface area contributed by atoms with Crippen molar-refractivity contribution in [3.8, 4) is 0 Å². The van der Waals surface area contributed by atoms with Crippen molar-refractivity contribution in [2.45, 2.75) is 13.8 Å². The van der Waals surface area contributed by atoms with Gasteiger partial charge in [-0.3, -0.25) is 4.79 Å². The second-order valence-electron chi connectivity index (χ2n) is 6.43. The number of amides is 1. The maximum absolute atomic E-state index is 12.5. The predicted octanol–water partition coefficient (Wildman–Crippen LogP) is 1.97. The van der Waals surface area contributed by atoms with Crippen molar-refractivity contribution in [1.82, 2.24) is 0 Å². The molecule has 126 valence electrons. The number of carbonyl (C=O) groups excluding carboxylic acids is 1. The Hall–Kier alpha value is -2.33. The number of carbonyl (C=O) groups is 1. The second-order valence-corrected chi connectivity index (χ2v) is 6.43. The zero-order valence-electron chi connectivity index (χ0n) is 14.5. The molecule has 2 aromatic rings. The van der Waals surface area contributed by atoms with Gasteiger partial charge in [0.25, 0.3) is 5.91 Å². The third-order valence-electron chi connectivity index (χ3n) is 4.78. The quantitative estimate of drug-likeness (QED) is 0.902. The lowest BCUT2D eigenvalue weighted by molar-refractivity contribution is -0.898. The highest BCUT2D eigenvalue weighted by atomic mass is 16.1. The van der Waals surface area contributed by atoms with Crippen molar-refractivity contribution in [2.75, 3.05) is 42.9 Å². The summed E-state index contributed by atoms with van der Waals surface area (Å²) in [7, 11) is 0. The number of anilines is 2. The monoisotopic (exact) mass is 324 g/mol. The molecule has 1 heterocycles. The number of quaternary nitrogens is 1.